The molecule has 0 spiro atoms. The van der Waals surface area contributed by atoms with E-state index in [1.165, 1.54) is 6.92 Å². The highest BCUT2D eigenvalue weighted by atomic mass is 32.2. The number of aryl methyl sites for hydroxylation is 1. The van der Waals surface area contributed by atoms with E-state index in [9.17, 15) is 26.4 Å². The zero-order chi connectivity index (χ0) is 15.6. The molecule has 1 amide bonds. The number of alkyl halides is 3. The maximum atomic E-state index is 12.4. The topological polar surface area (TPSA) is 76.1 Å². The number of carbonyl (C=O) groups excluding carboxylic acids is 1. The second kappa shape index (κ2) is 5.78. The van der Waals surface area contributed by atoms with Gasteiger partial charge in [0.25, 0.3) is 5.91 Å². The molecule has 1 aromatic heterocycles. The summed E-state index contributed by atoms with van der Waals surface area (Å²) in [5, 5.41) is 2.32. The summed E-state index contributed by atoms with van der Waals surface area (Å²) in [6.07, 6.45) is -3.56. The SMILES string of the molecule is Cc1nc(C(F)(F)F)ccc1C(=O)NCCS(C)(=O)=O. The van der Waals surface area contributed by atoms with Crippen LogP contribution in [-0.2, 0) is 16.0 Å². The fraction of sp³-hybridized carbons (Fsp3) is 0.455. The van der Waals surface area contributed by atoms with Crippen LogP contribution in [0.4, 0.5) is 13.2 Å². The van der Waals surface area contributed by atoms with Crippen LogP contribution in [0.15, 0.2) is 12.1 Å². The van der Waals surface area contributed by atoms with Crippen molar-refractivity contribution in [2.24, 2.45) is 0 Å². The summed E-state index contributed by atoms with van der Waals surface area (Å²) < 4.78 is 59.0. The van der Waals surface area contributed by atoms with E-state index in [-0.39, 0.29) is 23.6 Å². The molecule has 0 aliphatic carbocycles. The van der Waals surface area contributed by atoms with E-state index < -0.39 is 27.6 Å². The summed E-state index contributed by atoms with van der Waals surface area (Å²) in [5.74, 6) is -0.904. The van der Waals surface area contributed by atoms with Crippen molar-refractivity contribution in [2.75, 3.05) is 18.6 Å². The van der Waals surface area contributed by atoms with Gasteiger partial charge < -0.3 is 5.32 Å². The van der Waals surface area contributed by atoms with Gasteiger partial charge in [-0.1, -0.05) is 0 Å². The van der Waals surface area contributed by atoms with Crippen molar-refractivity contribution in [3.05, 3.63) is 29.1 Å². The summed E-state index contributed by atoms with van der Waals surface area (Å²) in [7, 11) is -3.22. The van der Waals surface area contributed by atoms with Crippen LogP contribution in [0.25, 0.3) is 0 Å². The fourth-order valence-corrected chi connectivity index (χ4v) is 1.88. The average molecular weight is 310 g/mol. The third-order valence-corrected chi connectivity index (χ3v) is 3.32. The second-order valence-electron chi connectivity index (χ2n) is 4.21. The van der Waals surface area contributed by atoms with E-state index in [1.54, 1.807) is 0 Å². The van der Waals surface area contributed by atoms with E-state index in [0.29, 0.717) is 6.07 Å². The van der Waals surface area contributed by atoms with Crippen LogP contribution in [0, 0.1) is 6.92 Å². The number of carbonyl (C=O) groups is 1. The van der Waals surface area contributed by atoms with Crippen LogP contribution < -0.4 is 5.32 Å². The molecule has 112 valence electrons. The van der Waals surface area contributed by atoms with Gasteiger partial charge in [0.05, 0.1) is 17.0 Å². The Kier molecular flexibility index (Phi) is 4.74. The van der Waals surface area contributed by atoms with E-state index in [0.717, 1.165) is 12.3 Å². The number of aromatic nitrogens is 1. The molecular weight excluding hydrogens is 297 g/mol. The minimum Gasteiger partial charge on any atom is -0.351 e. The van der Waals surface area contributed by atoms with Gasteiger partial charge >= 0.3 is 6.18 Å². The van der Waals surface area contributed by atoms with Gasteiger partial charge in [0.1, 0.15) is 15.5 Å². The lowest BCUT2D eigenvalue weighted by molar-refractivity contribution is -0.141. The van der Waals surface area contributed by atoms with Crippen LogP contribution in [-0.4, -0.2) is 37.9 Å². The lowest BCUT2D eigenvalue weighted by atomic mass is 10.1. The maximum Gasteiger partial charge on any atom is 0.433 e. The third-order valence-electron chi connectivity index (χ3n) is 2.38. The molecule has 0 aromatic carbocycles. The van der Waals surface area contributed by atoms with Crippen LogP contribution in [0.5, 0.6) is 0 Å². The number of sulfone groups is 1. The van der Waals surface area contributed by atoms with Gasteiger partial charge in [-0.2, -0.15) is 13.2 Å². The van der Waals surface area contributed by atoms with Crippen LogP contribution in [0.1, 0.15) is 21.7 Å². The Morgan fingerprint density at radius 2 is 1.95 bits per heavy atom. The quantitative estimate of drug-likeness (QED) is 0.906. The minimum absolute atomic E-state index is 0.0218. The maximum absolute atomic E-state index is 12.4. The van der Waals surface area contributed by atoms with Gasteiger partial charge in [-0.25, -0.2) is 13.4 Å². The van der Waals surface area contributed by atoms with Gasteiger partial charge in [-0.05, 0) is 19.1 Å². The molecule has 0 unspecified atom stereocenters. The Balaban J connectivity index is 2.80. The molecule has 0 aliphatic rings. The molecule has 0 atom stereocenters. The Hall–Kier alpha value is -1.64. The first kappa shape index (κ1) is 16.4. The molecule has 0 radical (unpaired) electrons. The lowest BCUT2D eigenvalue weighted by Gasteiger charge is -2.10. The number of hydrogen-bond donors (Lipinski definition) is 1. The highest BCUT2D eigenvalue weighted by Gasteiger charge is 2.33. The van der Waals surface area contributed by atoms with Gasteiger partial charge in [0, 0.05) is 12.8 Å². The molecule has 20 heavy (non-hydrogen) atoms. The zero-order valence-electron chi connectivity index (χ0n) is 10.8. The molecule has 0 saturated heterocycles. The van der Waals surface area contributed by atoms with Gasteiger partial charge in [0.2, 0.25) is 0 Å². The van der Waals surface area contributed by atoms with E-state index in [2.05, 4.69) is 10.3 Å². The van der Waals surface area contributed by atoms with Crippen molar-refractivity contribution in [1.82, 2.24) is 10.3 Å². The number of nitrogens with zero attached hydrogens (tertiary/aromatic N) is 1. The number of hydrogen-bond acceptors (Lipinski definition) is 4. The van der Waals surface area contributed by atoms with Crippen LogP contribution in [0.2, 0.25) is 0 Å². The van der Waals surface area contributed by atoms with Crippen molar-refractivity contribution in [3.63, 3.8) is 0 Å². The lowest BCUT2D eigenvalue weighted by Crippen LogP contribution is -2.29. The van der Waals surface area contributed by atoms with E-state index in [4.69, 9.17) is 0 Å². The molecule has 9 heteroatoms. The van der Waals surface area contributed by atoms with Crippen LogP contribution >= 0.6 is 0 Å². The van der Waals surface area contributed by atoms with Gasteiger partial charge in [0.15, 0.2) is 0 Å². The first-order valence-electron chi connectivity index (χ1n) is 5.51. The first-order chi connectivity index (χ1) is 9.00. The Morgan fingerprint density at radius 3 is 2.40 bits per heavy atom. The van der Waals surface area contributed by atoms with Crippen molar-refractivity contribution in [3.8, 4) is 0 Å². The Morgan fingerprint density at radius 1 is 1.35 bits per heavy atom. The molecule has 0 bridgehead atoms. The van der Waals surface area contributed by atoms with E-state index >= 15 is 0 Å². The number of pyridine rings is 1. The molecule has 0 aliphatic heterocycles. The molecule has 0 saturated carbocycles. The summed E-state index contributed by atoms with van der Waals surface area (Å²) in [4.78, 5) is 15.0. The van der Waals surface area contributed by atoms with Crippen LogP contribution in [0.3, 0.4) is 0 Å². The standard InChI is InChI=1S/C11H13F3N2O3S/c1-7-8(3-4-9(16-7)11(12,13)14)10(17)15-5-6-20(2,18)19/h3-4H,5-6H2,1-2H3,(H,15,17). The minimum atomic E-state index is -4.57. The number of rotatable bonds is 4. The number of halogens is 3. The Bertz CT molecular complexity index is 612. The summed E-state index contributed by atoms with van der Waals surface area (Å²) in [6.45, 7) is 1.17. The number of amides is 1. The molecule has 1 N–H and O–H groups in total. The molecule has 1 aromatic rings. The molecule has 1 heterocycles. The highest BCUT2D eigenvalue weighted by Crippen LogP contribution is 2.28. The third kappa shape index (κ3) is 4.80. The fourth-order valence-electron chi connectivity index (χ4n) is 1.40. The Labute approximate surface area is 114 Å². The second-order valence-corrected chi connectivity index (χ2v) is 6.47. The average Bonchev–Trinajstić information content (AvgIpc) is 2.25. The van der Waals surface area contributed by atoms with Gasteiger partial charge in [-0.3, -0.25) is 4.79 Å². The van der Waals surface area contributed by atoms with Crippen molar-refractivity contribution in [2.45, 2.75) is 13.1 Å². The van der Waals surface area contributed by atoms with E-state index in [1.807, 2.05) is 0 Å². The monoisotopic (exact) mass is 310 g/mol. The zero-order valence-corrected chi connectivity index (χ0v) is 11.6. The predicted octanol–water partition coefficient (Wildman–Crippen LogP) is 1.18. The highest BCUT2D eigenvalue weighted by molar-refractivity contribution is 7.90. The summed E-state index contributed by atoms with van der Waals surface area (Å²) in [5.41, 5.74) is -1.18. The largest absolute Gasteiger partial charge is 0.433 e. The molecular formula is C11H13F3N2O3S. The van der Waals surface area contributed by atoms with Gasteiger partial charge in [-0.15, -0.1) is 0 Å². The first-order valence-corrected chi connectivity index (χ1v) is 7.57. The number of nitrogens with one attached hydrogen (secondary N) is 1. The summed E-state index contributed by atoms with van der Waals surface area (Å²) >= 11 is 0. The van der Waals surface area contributed by atoms with Crippen molar-refractivity contribution < 1.29 is 26.4 Å². The van der Waals surface area contributed by atoms with Crippen molar-refractivity contribution in [1.29, 1.82) is 0 Å². The molecule has 5 nitrogen and oxygen atoms in total. The normalized spacial score (nSPS) is 12.2. The summed E-state index contributed by atoms with van der Waals surface area (Å²) in [6, 6.07) is 1.72. The predicted molar refractivity (Wildman–Crippen MR) is 66.0 cm³/mol. The van der Waals surface area contributed by atoms with Crippen molar-refractivity contribution >= 4 is 15.7 Å². The molecule has 0 fully saturated rings. The molecule has 1 rings (SSSR count). The smallest absolute Gasteiger partial charge is 0.351 e.